The number of para-hydroxylation sites is 1. The van der Waals surface area contributed by atoms with E-state index in [9.17, 15) is 18.0 Å². The molecule has 1 aliphatic rings. The smallest absolute Gasteiger partial charge is 0.349 e. The summed E-state index contributed by atoms with van der Waals surface area (Å²) >= 11 is 0.948. The number of hydrogen-bond acceptors (Lipinski definition) is 8. The third-order valence-corrected chi connectivity index (χ3v) is 6.94. The molecule has 3 aromatic rings. The van der Waals surface area contributed by atoms with Crippen LogP contribution in [0.5, 0.6) is 11.5 Å². The minimum Gasteiger partial charge on any atom is -0.486 e. The van der Waals surface area contributed by atoms with Crippen LogP contribution in [0.25, 0.3) is 0 Å². The molecule has 9 nitrogen and oxygen atoms in total. The van der Waals surface area contributed by atoms with Crippen LogP contribution >= 0.6 is 11.3 Å². The van der Waals surface area contributed by atoms with Gasteiger partial charge < -0.3 is 19.5 Å². The number of thiophene rings is 1. The first kappa shape index (κ1) is 21.7. The lowest BCUT2D eigenvalue weighted by Gasteiger charge is -2.19. The Kier molecular flexibility index (Phi) is 6.01. The summed E-state index contributed by atoms with van der Waals surface area (Å²) in [4.78, 5) is 24.5. The Balaban J connectivity index is 1.59. The zero-order valence-electron chi connectivity index (χ0n) is 16.8. The lowest BCUT2D eigenvalue weighted by atomic mass is 10.1. The van der Waals surface area contributed by atoms with Gasteiger partial charge in [0, 0.05) is 11.8 Å². The summed E-state index contributed by atoms with van der Waals surface area (Å²) in [6.45, 7) is 0.860. The molecule has 0 saturated carbocycles. The van der Waals surface area contributed by atoms with Gasteiger partial charge in [-0.05, 0) is 35.7 Å². The van der Waals surface area contributed by atoms with E-state index < -0.39 is 21.9 Å². The van der Waals surface area contributed by atoms with E-state index in [-0.39, 0.29) is 21.0 Å². The van der Waals surface area contributed by atoms with Crippen LogP contribution in [-0.4, -0.2) is 40.6 Å². The second-order valence-corrected chi connectivity index (χ2v) is 9.14. The second-order valence-electron chi connectivity index (χ2n) is 6.57. The molecule has 0 aliphatic carbocycles. The topological polar surface area (TPSA) is 120 Å². The number of esters is 1. The molecule has 2 aromatic carbocycles. The van der Waals surface area contributed by atoms with E-state index in [4.69, 9.17) is 9.47 Å². The highest BCUT2D eigenvalue weighted by Crippen LogP contribution is 2.33. The van der Waals surface area contributed by atoms with Crippen molar-refractivity contribution in [3.05, 3.63) is 64.4 Å². The molecule has 0 fully saturated rings. The standard InChI is InChI=1S/C21H18N2O7S2/c1-28-21(25)19-18(8-11-31-19)32(26,27)23-15-5-3-2-4-14(15)20(24)22-13-6-7-16-17(12-13)30-10-9-29-16/h2-8,11-12,23H,9-10H2,1H3,(H,22,24). The number of carbonyl (C=O) groups excluding carboxylic acids is 2. The van der Waals surface area contributed by atoms with Crippen LogP contribution < -0.4 is 19.5 Å². The van der Waals surface area contributed by atoms with Gasteiger partial charge in [0.2, 0.25) is 0 Å². The molecular formula is C21H18N2O7S2. The van der Waals surface area contributed by atoms with E-state index in [1.807, 2.05) is 0 Å². The highest BCUT2D eigenvalue weighted by atomic mass is 32.2. The maximum Gasteiger partial charge on any atom is 0.349 e. The van der Waals surface area contributed by atoms with Gasteiger partial charge in [0.1, 0.15) is 23.0 Å². The van der Waals surface area contributed by atoms with E-state index in [1.54, 1.807) is 30.3 Å². The van der Waals surface area contributed by atoms with Gasteiger partial charge in [0.05, 0.1) is 18.4 Å². The van der Waals surface area contributed by atoms with Crippen molar-refractivity contribution >= 4 is 44.6 Å². The van der Waals surface area contributed by atoms with Crippen molar-refractivity contribution in [3.8, 4) is 11.5 Å². The summed E-state index contributed by atoms with van der Waals surface area (Å²) in [7, 11) is -2.98. The van der Waals surface area contributed by atoms with Crippen molar-refractivity contribution in [1.82, 2.24) is 0 Å². The maximum atomic E-state index is 12.9. The van der Waals surface area contributed by atoms with Crippen LogP contribution in [0.2, 0.25) is 0 Å². The Morgan fingerprint density at radius 1 is 1.03 bits per heavy atom. The molecule has 166 valence electrons. The normalized spacial score (nSPS) is 12.7. The highest BCUT2D eigenvalue weighted by Gasteiger charge is 2.26. The van der Waals surface area contributed by atoms with Gasteiger partial charge in [-0.3, -0.25) is 9.52 Å². The van der Waals surface area contributed by atoms with Gasteiger partial charge in [-0.15, -0.1) is 11.3 Å². The fourth-order valence-corrected chi connectivity index (χ4v) is 5.46. The van der Waals surface area contributed by atoms with Gasteiger partial charge in [-0.2, -0.15) is 0 Å². The summed E-state index contributed by atoms with van der Waals surface area (Å²) < 4.78 is 43.9. The number of fused-ring (bicyclic) bond motifs is 1. The van der Waals surface area contributed by atoms with Crippen molar-refractivity contribution in [1.29, 1.82) is 0 Å². The summed E-state index contributed by atoms with van der Waals surface area (Å²) in [6.07, 6.45) is 0. The number of carbonyl (C=O) groups is 2. The minimum absolute atomic E-state index is 0.0572. The number of sulfonamides is 1. The van der Waals surface area contributed by atoms with E-state index in [2.05, 4.69) is 14.8 Å². The minimum atomic E-state index is -4.15. The Morgan fingerprint density at radius 3 is 2.56 bits per heavy atom. The zero-order chi connectivity index (χ0) is 22.7. The molecule has 0 radical (unpaired) electrons. The number of hydrogen-bond donors (Lipinski definition) is 2. The van der Waals surface area contributed by atoms with Crippen molar-refractivity contribution in [2.45, 2.75) is 4.90 Å². The van der Waals surface area contributed by atoms with Gasteiger partial charge in [0.15, 0.2) is 11.5 Å². The van der Waals surface area contributed by atoms with E-state index in [0.717, 1.165) is 11.3 Å². The fourth-order valence-electron chi connectivity index (χ4n) is 3.04. The largest absolute Gasteiger partial charge is 0.486 e. The Morgan fingerprint density at radius 2 is 1.78 bits per heavy atom. The molecule has 0 unspecified atom stereocenters. The van der Waals surface area contributed by atoms with E-state index in [0.29, 0.717) is 30.4 Å². The molecule has 0 spiro atoms. The number of rotatable bonds is 6. The van der Waals surface area contributed by atoms with Gasteiger partial charge in [-0.25, -0.2) is 13.2 Å². The fraction of sp³-hybridized carbons (Fsp3) is 0.143. The van der Waals surface area contributed by atoms with Crippen LogP contribution in [-0.2, 0) is 14.8 Å². The number of nitrogens with one attached hydrogen (secondary N) is 2. The quantitative estimate of drug-likeness (QED) is 0.526. The second kappa shape index (κ2) is 8.89. The molecule has 0 saturated heterocycles. The summed E-state index contributed by atoms with van der Waals surface area (Å²) in [5, 5.41) is 4.20. The Hall–Kier alpha value is -3.57. The van der Waals surface area contributed by atoms with Crippen LogP contribution in [0, 0.1) is 0 Å². The summed E-state index contributed by atoms with van der Waals surface area (Å²) in [5.74, 6) is -0.195. The Labute approximate surface area is 188 Å². The van der Waals surface area contributed by atoms with Crippen LogP contribution in [0.4, 0.5) is 11.4 Å². The van der Waals surface area contributed by atoms with Gasteiger partial charge in [0.25, 0.3) is 15.9 Å². The molecule has 1 aromatic heterocycles. The highest BCUT2D eigenvalue weighted by molar-refractivity contribution is 7.93. The van der Waals surface area contributed by atoms with Crippen molar-refractivity contribution < 1.29 is 32.2 Å². The number of benzene rings is 2. The molecular weight excluding hydrogens is 456 g/mol. The van der Waals surface area contributed by atoms with Crippen LogP contribution in [0.15, 0.2) is 58.8 Å². The molecule has 0 atom stereocenters. The first-order valence-corrected chi connectivity index (χ1v) is 11.7. The predicted octanol–water partition coefficient (Wildman–Crippen LogP) is 3.36. The van der Waals surface area contributed by atoms with E-state index >= 15 is 0 Å². The predicted molar refractivity (Wildman–Crippen MR) is 118 cm³/mol. The third-order valence-electron chi connectivity index (χ3n) is 4.51. The average Bonchev–Trinajstić information content (AvgIpc) is 3.30. The van der Waals surface area contributed by atoms with E-state index in [1.165, 1.54) is 30.7 Å². The lowest BCUT2D eigenvalue weighted by Crippen LogP contribution is -2.20. The van der Waals surface area contributed by atoms with Crippen LogP contribution in [0.1, 0.15) is 20.0 Å². The molecule has 1 aliphatic heterocycles. The molecule has 4 rings (SSSR count). The molecule has 0 bridgehead atoms. The lowest BCUT2D eigenvalue weighted by molar-refractivity contribution is 0.0602. The Bertz CT molecular complexity index is 1280. The summed E-state index contributed by atoms with van der Waals surface area (Å²) in [6, 6.07) is 12.4. The van der Waals surface area contributed by atoms with Crippen molar-refractivity contribution in [2.24, 2.45) is 0 Å². The number of ether oxygens (including phenoxy) is 3. The number of anilines is 2. The van der Waals surface area contributed by atoms with Crippen molar-refractivity contribution in [3.63, 3.8) is 0 Å². The molecule has 2 heterocycles. The SMILES string of the molecule is COC(=O)c1sccc1S(=O)(=O)Nc1ccccc1C(=O)Nc1ccc2c(c1)OCCO2. The first-order valence-electron chi connectivity index (χ1n) is 9.38. The van der Waals surface area contributed by atoms with Crippen molar-refractivity contribution in [2.75, 3.05) is 30.4 Å². The summed E-state index contributed by atoms with van der Waals surface area (Å²) in [5.41, 5.74) is 0.619. The number of methoxy groups -OCH3 is 1. The molecule has 1 amide bonds. The monoisotopic (exact) mass is 474 g/mol. The molecule has 11 heteroatoms. The molecule has 32 heavy (non-hydrogen) atoms. The average molecular weight is 475 g/mol. The maximum absolute atomic E-state index is 12.9. The number of amides is 1. The molecule has 2 N–H and O–H groups in total. The third kappa shape index (κ3) is 4.39. The zero-order valence-corrected chi connectivity index (χ0v) is 18.4. The van der Waals surface area contributed by atoms with Crippen LogP contribution in [0.3, 0.4) is 0 Å². The first-order chi connectivity index (χ1) is 15.4. The van der Waals surface area contributed by atoms with Gasteiger partial charge in [-0.1, -0.05) is 12.1 Å². The van der Waals surface area contributed by atoms with Gasteiger partial charge >= 0.3 is 5.97 Å².